The first-order valence-corrected chi connectivity index (χ1v) is 9.37. The molecule has 2 aliphatic rings. The number of hydrogen-bond acceptors (Lipinski definition) is 3. The van der Waals surface area contributed by atoms with Crippen molar-refractivity contribution in [2.75, 3.05) is 0 Å². The summed E-state index contributed by atoms with van der Waals surface area (Å²) in [5, 5.41) is 22.8. The summed E-state index contributed by atoms with van der Waals surface area (Å²) in [6.45, 7) is 6.60. The zero-order valence-electron chi connectivity index (χ0n) is 15.2. The van der Waals surface area contributed by atoms with Gasteiger partial charge in [-0.15, -0.1) is 0 Å². The van der Waals surface area contributed by atoms with Gasteiger partial charge in [0.2, 0.25) is 6.10 Å². The van der Waals surface area contributed by atoms with Crippen LogP contribution in [0.5, 0.6) is 0 Å². The molecule has 138 valence electrons. The standard InChI is InChI=1S/C20H29NO4/c1-12(2)15-10-9-13(3)11-16(15)19-21(24)17(18(25-19)20(22)23)14-7-5-4-6-8-14/h4-8,12-13,15-19,21H,9-11H2,1-3H3,(H,22,23)/t13-,15?,16?,17-,18+,19?/m0/s1. The Balaban J connectivity index is 1.90. The van der Waals surface area contributed by atoms with E-state index >= 15 is 0 Å². The van der Waals surface area contributed by atoms with Gasteiger partial charge in [-0.1, -0.05) is 57.5 Å². The molecule has 1 aliphatic carbocycles. The smallest absolute Gasteiger partial charge is 0.339 e. The van der Waals surface area contributed by atoms with Crippen molar-refractivity contribution in [2.45, 2.75) is 58.4 Å². The summed E-state index contributed by atoms with van der Waals surface area (Å²) >= 11 is 0. The molecule has 0 spiro atoms. The molecule has 0 aromatic heterocycles. The monoisotopic (exact) mass is 347 g/mol. The van der Waals surface area contributed by atoms with Crippen molar-refractivity contribution in [1.82, 2.24) is 0 Å². The van der Waals surface area contributed by atoms with Crippen LogP contribution in [0, 0.1) is 28.9 Å². The average Bonchev–Trinajstić information content (AvgIpc) is 2.92. The van der Waals surface area contributed by atoms with E-state index in [1.54, 1.807) is 0 Å². The lowest BCUT2D eigenvalue weighted by Crippen LogP contribution is -3.11. The first kappa shape index (κ1) is 18.4. The van der Waals surface area contributed by atoms with Gasteiger partial charge in [-0.05, 0) is 30.6 Å². The van der Waals surface area contributed by atoms with Crippen LogP contribution in [0.4, 0.5) is 0 Å². The van der Waals surface area contributed by atoms with E-state index in [1.807, 2.05) is 30.3 Å². The Bertz CT molecular complexity index is 591. The van der Waals surface area contributed by atoms with Crippen LogP contribution in [0.25, 0.3) is 0 Å². The predicted octanol–water partition coefficient (Wildman–Crippen LogP) is 2.63. The summed E-state index contributed by atoms with van der Waals surface area (Å²) in [4.78, 5) is 11.8. The van der Waals surface area contributed by atoms with Gasteiger partial charge in [0.25, 0.3) is 0 Å². The molecule has 3 rings (SSSR count). The van der Waals surface area contributed by atoms with Gasteiger partial charge in [0, 0.05) is 11.5 Å². The Morgan fingerprint density at radius 2 is 1.96 bits per heavy atom. The first-order chi connectivity index (χ1) is 11.9. The van der Waals surface area contributed by atoms with Crippen molar-refractivity contribution >= 4 is 5.97 Å². The van der Waals surface area contributed by atoms with Crippen LogP contribution in [-0.2, 0) is 9.53 Å². The Hall–Kier alpha value is -1.43. The maximum Gasteiger partial charge on any atom is 0.339 e. The fourth-order valence-electron chi connectivity index (χ4n) is 4.77. The van der Waals surface area contributed by atoms with E-state index in [2.05, 4.69) is 20.8 Å². The summed E-state index contributed by atoms with van der Waals surface area (Å²) in [5.41, 5.74) is 0.743. The zero-order chi connectivity index (χ0) is 18.1. The molecule has 5 heteroatoms. The Kier molecular flexibility index (Phi) is 5.46. The van der Waals surface area contributed by atoms with Gasteiger partial charge in [0.05, 0.1) is 0 Å². The molecular formula is C20H29NO4. The minimum Gasteiger partial charge on any atom is -0.632 e. The van der Waals surface area contributed by atoms with Gasteiger partial charge in [0.15, 0.2) is 12.3 Å². The fourth-order valence-corrected chi connectivity index (χ4v) is 4.77. The van der Waals surface area contributed by atoms with Crippen LogP contribution < -0.4 is 5.06 Å². The second kappa shape index (κ2) is 7.44. The molecule has 5 nitrogen and oxygen atoms in total. The largest absolute Gasteiger partial charge is 0.632 e. The lowest BCUT2D eigenvalue weighted by Gasteiger charge is -2.42. The number of carboxylic acid groups (broad SMARTS) is 1. The number of ether oxygens (including phenoxy) is 1. The molecule has 4 unspecified atom stereocenters. The van der Waals surface area contributed by atoms with Gasteiger partial charge < -0.3 is 20.1 Å². The third-order valence-electron chi connectivity index (χ3n) is 6.05. The number of quaternary nitrogens is 1. The normalized spacial score (nSPS) is 38.8. The molecule has 1 saturated carbocycles. The number of hydroxylamine groups is 2. The van der Waals surface area contributed by atoms with E-state index in [-0.39, 0.29) is 11.0 Å². The fraction of sp³-hybridized carbons (Fsp3) is 0.650. The van der Waals surface area contributed by atoms with Gasteiger partial charge in [-0.25, -0.2) is 4.79 Å². The number of rotatable bonds is 4. The lowest BCUT2D eigenvalue weighted by atomic mass is 9.69. The van der Waals surface area contributed by atoms with Crippen LogP contribution in [0.3, 0.4) is 0 Å². The molecule has 2 N–H and O–H groups in total. The van der Waals surface area contributed by atoms with E-state index in [4.69, 9.17) is 4.74 Å². The molecule has 1 heterocycles. The average molecular weight is 347 g/mol. The van der Waals surface area contributed by atoms with E-state index in [9.17, 15) is 15.1 Å². The molecule has 1 saturated heterocycles. The summed E-state index contributed by atoms with van der Waals surface area (Å²) in [5.74, 6) is 0.499. The molecule has 2 fully saturated rings. The second-order valence-electron chi connectivity index (χ2n) is 8.10. The van der Waals surface area contributed by atoms with E-state index < -0.39 is 24.3 Å². The Labute approximate surface area is 149 Å². The number of carbonyl (C=O) groups is 1. The van der Waals surface area contributed by atoms with Crippen LogP contribution in [0.2, 0.25) is 0 Å². The first-order valence-electron chi connectivity index (χ1n) is 9.37. The number of aliphatic carboxylic acids is 1. The molecule has 25 heavy (non-hydrogen) atoms. The molecule has 0 bridgehead atoms. The van der Waals surface area contributed by atoms with Crippen molar-refractivity contribution in [3.8, 4) is 0 Å². The van der Waals surface area contributed by atoms with E-state index in [0.29, 0.717) is 17.8 Å². The SMILES string of the molecule is CC(C)C1CC[C@H](C)CC1C1O[C@@H](C(=O)O)[C@H](c2ccccc2)[NH+]1[O-]. The van der Waals surface area contributed by atoms with Crippen LogP contribution >= 0.6 is 0 Å². The highest BCUT2D eigenvalue weighted by molar-refractivity contribution is 5.73. The highest BCUT2D eigenvalue weighted by Crippen LogP contribution is 2.41. The highest BCUT2D eigenvalue weighted by Gasteiger charge is 2.52. The molecule has 1 aromatic rings. The Morgan fingerprint density at radius 1 is 1.28 bits per heavy atom. The van der Waals surface area contributed by atoms with Gasteiger partial charge in [-0.2, -0.15) is 0 Å². The summed E-state index contributed by atoms with van der Waals surface area (Å²) in [7, 11) is 0. The molecule has 7 atom stereocenters. The zero-order valence-corrected chi connectivity index (χ0v) is 15.2. The third kappa shape index (κ3) is 3.59. The van der Waals surface area contributed by atoms with Crippen LogP contribution in [0.15, 0.2) is 30.3 Å². The predicted molar refractivity (Wildman–Crippen MR) is 94.6 cm³/mol. The lowest BCUT2D eigenvalue weighted by molar-refractivity contribution is -0.910. The van der Waals surface area contributed by atoms with Crippen molar-refractivity contribution in [3.63, 3.8) is 0 Å². The number of hydrogen-bond donors (Lipinski definition) is 2. The van der Waals surface area contributed by atoms with Crippen LogP contribution in [0.1, 0.15) is 51.6 Å². The number of benzene rings is 1. The maximum absolute atomic E-state index is 13.2. The Morgan fingerprint density at radius 3 is 2.56 bits per heavy atom. The quantitative estimate of drug-likeness (QED) is 0.821. The molecule has 0 amide bonds. The second-order valence-corrected chi connectivity index (χ2v) is 8.10. The minimum absolute atomic E-state index is 0.0525. The summed E-state index contributed by atoms with van der Waals surface area (Å²) in [6, 6.07) is 8.51. The molecular weight excluding hydrogens is 318 g/mol. The van der Waals surface area contributed by atoms with Crippen molar-refractivity contribution in [1.29, 1.82) is 0 Å². The van der Waals surface area contributed by atoms with Crippen molar-refractivity contribution in [3.05, 3.63) is 41.1 Å². The summed E-state index contributed by atoms with van der Waals surface area (Å²) < 4.78 is 5.92. The van der Waals surface area contributed by atoms with E-state index in [0.717, 1.165) is 18.4 Å². The third-order valence-corrected chi connectivity index (χ3v) is 6.05. The van der Waals surface area contributed by atoms with Crippen LogP contribution in [-0.4, -0.2) is 23.4 Å². The highest BCUT2D eigenvalue weighted by atomic mass is 16.6. The maximum atomic E-state index is 13.2. The van der Waals surface area contributed by atoms with E-state index in [1.165, 1.54) is 6.42 Å². The topological polar surface area (TPSA) is 74.0 Å². The van der Waals surface area contributed by atoms with Crippen molar-refractivity contribution < 1.29 is 19.7 Å². The van der Waals surface area contributed by atoms with Gasteiger partial charge >= 0.3 is 5.97 Å². The molecule has 0 radical (unpaired) electrons. The van der Waals surface area contributed by atoms with Crippen molar-refractivity contribution in [2.24, 2.45) is 23.7 Å². The van der Waals surface area contributed by atoms with Gasteiger partial charge in [-0.3, -0.25) is 0 Å². The summed E-state index contributed by atoms with van der Waals surface area (Å²) in [6.07, 6.45) is 1.52. The number of carboxylic acids is 1. The minimum atomic E-state index is -1.08. The molecule has 1 aliphatic heterocycles. The number of nitrogens with one attached hydrogen (secondary N) is 1. The molecule has 1 aromatic carbocycles. The van der Waals surface area contributed by atoms with Gasteiger partial charge in [0.1, 0.15) is 0 Å².